The number of allylic oxidation sites excluding steroid dienone is 1. The number of rotatable bonds is 4. The summed E-state index contributed by atoms with van der Waals surface area (Å²) in [4.78, 5) is 0. The molecule has 1 fully saturated rings. The van der Waals surface area contributed by atoms with E-state index in [4.69, 9.17) is 9.31 Å². The van der Waals surface area contributed by atoms with Gasteiger partial charge in [-0.25, -0.2) is 0 Å². The van der Waals surface area contributed by atoms with Crippen LogP contribution in [0.5, 0.6) is 0 Å². The van der Waals surface area contributed by atoms with Crippen molar-refractivity contribution in [2.45, 2.75) is 96.3 Å². The summed E-state index contributed by atoms with van der Waals surface area (Å²) in [7, 11) is -0.359. The lowest BCUT2D eigenvalue weighted by atomic mass is 9.79. The molecule has 0 bridgehead atoms. The van der Waals surface area contributed by atoms with Crippen molar-refractivity contribution in [1.29, 1.82) is 5.26 Å². The molecule has 3 rings (SSSR count). The topological polar surface area (TPSA) is 54.3 Å². The molecule has 0 aromatic heterocycles. The molecule has 4 nitrogen and oxygen atoms in total. The minimum absolute atomic E-state index is 0.267. The molecule has 1 aliphatic heterocycles. The highest BCUT2D eigenvalue weighted by atomic mass is 16.7. The number of hydrogen-bond donors (Lipinski definition) is 1. The number of nitriles is 1. The SMILES string of the molecule is CC1(C)OB(c2ccc(NC(C#N)/C3=C/CCCCCCCC3)cc2)OC1(C)C. The average Bonchev–Trinajstić information content (AvgIpc) is 2.92. The fourth-order valence-corrected chi connectivity index (χ4v) is 3.92. The van der Waals surface area contributed by atoms with E-state index in [2.05, 4.69) is 45.2 Å². The molecule has 1 aromatic rings. The molecule has 2 aliphatic rings. The molecule has 1 aliphatic carbocycles. The van der Waals surface area contributed by atoms with Gasteiger partial charge in [0.2, 0.25) is 0 Å². The van der Waals surface area contributed by atoms with Crippen LogP contribution in [0.15, 0.2) is 35.9 Å². The summed E-state index contributed by atoms with van der Waals surface area (Å²) in [5.41, 5.74) is 2.51. The number of nitrogens with one attached hydrogen (secondary N) is 1. The van der Waals surface area contributed by atoms with Crippen molar-refractivity contribution < 1.29 is 9.31 Å². The highest BCUT2D eigenvalue weighted by Crippen LogP contribution is 2.36. The second-order valence-corrected chi connectivity index (χ2v) is 9.36. The molecule has 0 spiro atoms. The van der Waals surface area contributed by atoms with E-state index in [0.717, 1.165) is 24.0 Å². The van der Waals surface area contributed by atoms with Crippen LogP contribution in [0.1, 0.15) is 79.1 Å². The Morgan fingerprint density at radius 2 is 1.52 bits per heavy atom. The van der Waals surface area contributed by atoms with Gasteiger partial charge in [-0.3, -0.25) is 0 Å². The third-order valence-electron chi connectivity index (χ3n) is 6.57. The van der Waals surface area contributed by atoms with E-state index in [1.807, 2.05) is 24.3 Å². The normalized spacial score (nSPS) is 24.8. The summed E-state index contributed by atoms with van der Waals surface area (Å²) in [6, 6.07) is 10.3. The van der Waals surface area contributed by atoms with Crippen LogP contribution in [0.25, 0.3) is 0 Å². The van der Waals surface area contributed by atoms with E-state index < -0.39 is 0 Å². The molecule has 1 heterocycles. The van der Waals surface area contributed by atoms with Crippen molar-refractivity contribution in [3.63, 3.8) is 0 Å². The maximum absolute atomic E-state index is 9.78. The zero-order valence-corrected chi connectivity index (χ0v) is 18.5. The fraction of sp³-hybridized carbons (Fsp3) is 0.625. The predicted octanol–water partition coefficient (Wildman–Crippen LogP) is 5.35. The van der Waals surface area contributed by atoms with Crippen molar-refractivity contribution >= 4 is 18.3 Å². The van der Waals surface area contributed by atoms with Crippen LogP contribution in [0, 0.1) is 11.3 Å². The van der Waals surface area contributed by atoms with E-state index >= 15 is 0 Å². The zero-order valence-electron chi connectivity index (χ0n) is 18.5. The largest absolute Gasteiger partial charge is 0.494 e. The Balaban J connectivity index is 1.66. The first-order valence-electron chi connectivity index (χ1n) is 11.1. The highest BCUT2D eigenvalue weighted by molar-refractivity contribution is 6.62. The average molecular weight is 394 g/mol. The van der Waals surface area contributed by atoms with Gasteiger partial charge in [0.15, 0.2) is 0 Å². The van der Waals surface area contributed by atoms with Gasteiger partial charge >= 0.3 is 7.12 Å². The molecular weight excluding hydrogens is 359 g/mol. The number of hydrogen-bond acceptors (Lipinski definition) is 4. The molecule has 1 aromatic carbocycles. The number of benzene rings is 1. The quantitative estimate of drug-likeness (QED) is 0.552. The third-order valence-corrected chi connectivity index (χ3v) is 6.57. The molecule has 1 atom stereocenters. The first-order valence-corrected chi connectivity index (χ1v) is 11.1. The first kappa shape index (κ1) is 21.9. The molecule has 5 heteroatoms. The summed E-state index contributed by atoms with van der Waals surface area (Å²) in [5.74, 6) is 0. The van der Waals surface area contributed by atoms with Gasteiger partial charge in [0.05, 0.1) is 17.3 Å². The molecule has 156 valence electrons. The van der Waals surface area contributed by atoms with Crippen LogP contribution in [0.4, 0.5) is 5.69 Å². The zero-order chi connectivity index (χ0) is 20.9. The minimum Gasteiger partial charge on any atom is -0.399 e. The fourth-order valence-electron chi connectivity index (χ4n) is 3.92. The van der Waals surface area contributed by atoms with Crippen molar-refractivity contribution in [3.8, 4) is 6.07 Å². The predicted molar refractivity (Wildman–Crippen MR) is 120 cm³/mol. The van der Waals surface area contributed by atoms with Gasteiger partial charge in [-0.1, -0.05) is 43.9 Å². The second-order valence-electron chi connectivity index (χ2n) is 9.36. The van der Waals surface area contributed by atoms with Gasteiger partial charge in [0, 0.05) is 5.69 Å². The minimum atomic E-state index is -0.359. The maximum Gasteiger partial charge on any atom is 0.494 e. The van der Waals surface area contributed by atoms with E-state index in [-0.39, 0.29) is 24.4 Å². The van der Waals surface area contributed by atoms with E-state index in [1.165, 1.54) is 44.1 Å². The summed E-state index contributed by atoms with van der Waals surface area (Å²) >= 11 is 0. The second kappa shape index (κ2) is 9.37. The molecule has 0 radical (unpaired) electrons. The molecular formula is C24H35BN2O2. The summed E-state index contributed by atoms with van der Waals surface area (Å²) in [5, 5.41) is 13.2. The monoisotopic (exact) mass is 394 g/mol. The van der Waals surface area contributed by atoms with Crippen molar-refractivity contribution in [3.05, 3.63) is 35.9 Å². The third kappa shape index (κ3) is 5.44. The lowest BCUT2D eigenvalue weighted by Gasteiger charge is -2.32. The smallest absolute Gasteiger partial charge is 0.399 e. The Kier molecular flexibility index (Phi) is 7.08. The Hall–Kier alpha value is -1.77. The first-order chi connectivity index (χ1) is 13.8. The van der Waals surface area contributed by atoms with E-state index in [0.29, 0.717) is 0 Å². The Morgan fingerprint density at radius 3 is 2.14 bits per heavy atom. The lowest BCUT2D eigenvalue weighted by molar-refractivity contribution is 0.00578. The van der Waals surface area contributed by atoms with Crippen LogP contribution < -0.4 is 10.8 Å². The summed E-state index contributed by atoms with van der Waals surface area (Å²) in [6.07, 6.45) is 12.0. The highest BCUT2D eigenvalue weighted by Gasteiger charge is 2.51. The lowest BCUT2D eigenvalue weighted by Crippen LogP contribution is -2.41. The molecule has 0 saturated carbocycles. The van der Waals surface area contributed by atoms with Gasteiger partial charge in [-0.05, 0) is 76.5 Å². The van der Waals surface area contributed by atoms with Gasteiger partial charge in [0.25, 0.3) is 0 Å². The summed E-state index contributed by atoms with van der Waals surface area (Å²) < 4.78 is 12.3. The Morgan fingerprint density at radius 1 is 0.931 bits per heavy atom. The van der Waals surface area contributed by atoms with E-state index in [9.17, 15) is 5.26 Å². The molecule has 1 unspecified atom stereocenters. The van der Waals surface area contributed by atoms with Crippen LogP contribution in [0.2, 0.25) is 0 Å². The van der Waals surface area contributed by atoms with Crippen molar-refractivity contribution in [2.24, 2.45) is 0 Å². The molecule has 29 heavy (non-hydrogen) atoms. The molecule has 0 amide bonds. The van der Waals surface area contributed by atoms with Crippen molar-refractivity contribution in [2.75, 3.05) is 5.32 Å². The van der Waals surface area contributed by atoms with Gasteiger partial charge in [-0.15, -0.1) is 0 Å². The maximum atomic E-state index is 9.78. The van der Waals surface area contributed by atoms with Crippen LogP contribution in [0.3, 0.4) is 0 Å². The number of nitrogens with zero attached hydrogens (tertiary/aromatic N) is 1. The van der Waals surface area contributed by atoms with Gasteiger partial charge in [-0.2, -0.15) is 5.26 Å². The van der Waals surface area contributed by atoms with Gasteiger partial charge < -0.3 is 14.6 Å². The van der Waals surface area contributed by atoms with Crippen LogP contribution in [-0.2, 0) is 9.31 Å². The van der Waals surface area contributed by atoms with Crippen LogP contribution in [-0.4, -0.2) is 24.4 Å². The van der Waals surface area contributed by atoms with Gasteiger partial charge in [0.1, 0.15) is 6.04 Å². The Labute approximate surface area is 176 Å². The molecule has 1 N–H and O–H groups in total. The standard InChI is InChI=1S/C24H35BN2O2/c1-23(2)24(3,4)29-25(28-23)20-14-16-21(17-15-20)27-22(18-26)19-12-10-8-6-5-7-9-11-13-19/h12,14-17,22,27H,5-11,13H2,1-4H3/b19-12+. The van der Waals surface area contributed by atoms with Crippen LogP contribution >= 0.6 is 0 Å². The summed E-state index contributed by atoms with van der Waals surface area (Å²) in [6.45, 7) is 8.25. The van der Waals surface area contributed by atoms with Crippen molar-refractivity contribution in [1.82, 2.24) is 0 Å². The van der Waals surface area contributed by atoms with E-state index in [1.54, 1.807) is 0 Å². The molecule has 1 saturated heterocycles. The Bertz CT molecular complexity index is 733. The number of anilines is 1.